The molecule has 0 fully saturated rings. The molecule has 0 N–H and O–H groups in total. The number of allylic oxidation sites excluding steroid dienone is 4. The zero-order valence-corrected chi connectivity index (χ0v) is 25.2. The van der Waals surface area contributed by atoms with Crippen molar-refractivity contribution in [3.63, 3.8) is 0 Å². The van der Waals surface area contributed by atoms with Gasteiger partial charge in [0.25, 0.3) is 0 Å². The number of nitrogens with zero attached hydrogens (tertiary/aromatic N) is 2. The second-order valence-corrected chi connectivity index (χ2v) is 16.5. The van der Waals surface area contributed by atoms with Gasteiger partial charge in [-0.05, 0) is 48.9 Å². The van der Waals surface area contributed by atoms with Crippen LogP contribution in [-0.4, -0.2) is 21.2 Å². The molecule has 0 spiro atoms. The van der Waals surface area contributed by atoms with Gasteiger partial charge in [0.1, 0.15) is 0 Å². The summed E-state index contributed by atoms with van der Waals surface area (Å²) in [6.07, 6.45) is 6.00. The van der Waals surface area contributed by atoms with E-state index in [0.717, 1.165) is 11.1 Å². The SMILES string of the molecule is CC(C)(C)P(=[N-])(C(C)(C)C)C(C)(C)C.CC(C)C1=C[CH+]C=C(C(C)C)C1=[N-].[Cl-].[Cl-].[V]. The second-order valence-electron chi connectivity index (χ2n) is 11.2. The van der Waals surface area contributed by atoms with Gasteiger partial charge in [-0.3, -0.25) is 0 Å². The van der Waals surface area contributed by atoms with Crippen molar-refractivity contribution in [3.05, 3.63) is 40.3 Å². The van der Waals surface area contributed by atoms with Gasteiger partial charge >= 0.3 is 0 Å². The third kappa shape index (κ3) is 8.75. The van der Waals surface area contributed by atoms with Gasteiger partial charge in [-0.2, -0.15) is 0 Å². The fraction of sp³-hybridized carbons (Fsp3) is 0.750. The van der Waals surface area contributed by atoms with Crippen LogP contribution in [0.2, 0.25) is 0 Å². The van der Waals surface area contributed by atoms with E-state index in [9.17, 15) is 10.6 Å². The summed E-state index contributed by atoms with van der Waals surface area (Å²) in [4.78, 5) is 0. The Bertz CT molecular complexity index is 575. The van der Waals surface area contributed by atoms with E-state index < -0.39 is 7.05 Å². The summed E-state index contributed by atoms with van der Waals surface area (Å²) in [5, 5.41) is 21.0. The second kappa shape index (κ2) is 13.2. The van der Waals surface area contributed by atoms with Gasteiger partial charge in [0.05, 0.1) is 0 Å². The summed E-state index contributed by atoms with van der Waals surface area (Å²) in [6, 6.07) is 0. The van der Waals surface area contributed by atoms with Crippen molar-refractivity contribution >= 4 is 12.8 Å². The van der Waals surface area contributed by atoms with Crippen LogP contribution in [0.3, 0.4) is 0 Å². The maximum atomic E-state index is 11.1. The quantitative estimate of drug-likeness (QED) is 0.403. The van der Waals surface area contributed by atoms with Gasteiger partial charge < -0.3 is 35.4 Å². The van der Waals surface area contributed by atoms with Crippen LogP contribution in [0.15, 0.2) is 23.3 Å². The molecule has 1 rings (SSSR count). The Hall–Kier alpha value is 0.414. The van der Waals surface area contributed by atoms with Crippen molar-refractivity contribution in [1.29, 1.82) is 0 Å². The smallest absolute Gasteiger partial charge is 0.0498 e. The van der Waals surface area contributed by atoms with Crippen LogP contribution >= 0.6 is 7.05 Å². The maximum absolute atomic E-state index is 11.1. The van der Waals surface area contributed by atoms with E-state index in [0.29, 0.717) is 17.5 Å². The molecule has 0 amide bonds. The Labute approximate surface area is 213 Å². The molecule has 0 aromatic carbocycles. The fourth-order valence-electron chi connectivity index (χ4n) is 4.53. The van der Waals surface area contributed by atoms with E-state index in [-0.39, 0.29) is 58.8 Å². The topological polar surface area (TPSA) is 44.6 Å². The first kappa shape index (κ1) is 37.7. The summed E-state index contributed by atoms with van der Waals surface area (Å²) in [5.74, 6) is 0.775. The van der Waals surface area contributed by atoms with Gasteiger partial charge in [0.2, 0.25) is 0 Å². The molecule has 1 radical (unpaired) electrons. The molecule has 0 atom stereocenters. The summed E-state index contributed by atoms with van der Waals surface area (Å²) >= 11 is 0. The van der Waals surface area contributed by atoms with Crippen molar-refractivity contribution in [3.8, 4) is 0 Å². The Morgan fingerprint density at radius 3 is 1.07 bits per heavy atom. The van der Waals surface area contributed by atoms with Crippen LogP contribution in [0.1, 0.15) is 90.0 Å². The van der Waals surface area contributed by atoms with E-state index in [4.69, 9.17) is 0 Å². The van der Waals surface area contributed by atoms with Gasteiger partial charge in [-0.25, -0.2) is 7.05 Å². The Morgan fingerprint density at radius 2 is 0.933 bits per heavy atom. The summed E-state index contributed by atoms with van der Waals surface area (Å²) < 4.78 is 0. The molecule has 0 saturated heterocycles. The third-order valence-corrected chi connectivity index (χ3v) is 11.1. The Morgan fingerprint density at radius 1 is 0.700 bits per heavy atom. The summed E-state index contributed by atoms with van der Waals surface area (Å²) in [5.41, 5.74) is 2.57. The normalized spacial score (nSPS) is 14.8. The average Bonchev–Trinajstić information content (AvgIpc) is 2.43. The van der Waals surface area contributed by atoms with Crippen molar-refractivity contribution in [2.24, 2.45) is 11.8 Å². The Kier molecular flexibility index (Phi) is 16.6. The van der Waals surface area contributed by atoms with Crippen LogP contribution in [0.4, 0.5) is 0 Å². The minimum Gasteiger partial charge on any atom is -1.00 e. The zero-order chi connectivity index (χ0) is 22.0. The number of rotatable bonds is 2. The standard InChI is InChI=1S/C12H27NP.C12H17N.2ClH.V/c1-10(2,3)14(13,11(4,5)6)12(7,8)9;1-8(2)10-6-5-7-11(9(3)4)12(10)13;;;/h1-9H3;5-9H,1-4H3;2*1H;/q-1;;;;/p-2. The largest absolute Gasteiger partial charge is 1.00 e. The van der Waals surface area contributed by atoms with Gasteiger partial charge in [0, 0.05) is 60.1 Å². The van der Waals surface area contributed by atoms with Crippen LogP contribution < -0.4 is 24.8 Å². The zero-order valence-electron chi connectivity index (χ0n) is 21.4. The van der Waals surface area contributed by atoms with Crippen LogP contribution in [0.5, 0.6) is 0 Å². The van der Waals surface area contributed by atoms with E-state index in [2.05, 4.69) is 90.0 Å². The molecule has 0 saturated carbocycles. The third-order valence-electron chi connectivity index (χ3n) is 5.25. The van der Waals surface area contributed by atoms with E-state index >= 15 is 0 Å². The number of hydrogen-bond acceptors (Lipinski definition) is 0. The number of hydrogen-bond donors (Lipinski definition) is 0. The van der Waals surface area contributed by atoms with Crippen LogP contribution in [0.25, 0.3) is 10.6 Å². The Balaban J connectivity index is -0.000000205. The molecule has 0 unspecified atom stereocenters. The molecule has 0 bridgehead atoms. The van der Waals surface area contributed by atoms with Crippen molar-refractivity contribution in [2.75, 3.05) is 0 Å². The van der Waals surface area contributed by atoms with Crippen LogP contribution in [0, 0.1) is 18.3 Å². The summed E-state index contributed by atoms with van der Waals surface area (Å²) in [7, 11) is -2.02. The molecule has 30 heavy (non-hydrogen) atoms. The van der Waals surface area contributed by atoms with E-state index in [1.807, 2.05) is 18.6 Å². The molecule has 0 heterocycles. The van der Waals surface area contributed by atoms with E-state index in [1.54, 1.807) is 0 Å². The predicted octanol–water partition coefficient (Wildman–Crippen LogP) is 2.54. The molecule has 1 aliphatic carbocycles. The summed E-state index contributed by atoms with van der Waals surface area (Å²) in [6.45, 7) is 27.9. The molecule has 0 aliphatic heterocycles. The van der Waals surface area contributed by atoms with Crippen molar-refractivity contribution in [2.45, 2.75) is 105 Å². The first-order chi connectivity index (χ1) is 11.8. The molecule has 1 aliphatic rings. The van der Waals surface area contributed by atoms with Crippen molar-refractivity contribution < 1.29 is 43.4 Å². The molecule has 6 heteroatoms. The van der Waals surface area contributed by atoms with Gasteiger partial charge in [0.15, 0.2) is 0 Å². The molecule has 2 nitrogen and oxygen atoms in total. The fourth-order valence-corrected chi connectivity index (χ4v) is 10.6. The first-order valence-electron chi connectivity index (χ1n) is 10.2. The molecular weight excluding hydrogens is 469 g/mol. The maximum Gasteiger partial charge on any atom is 0.0498 e. The molecule has 0 aromatic heterocycles. The minimum absolute atomic E-state index is 0. The molecule has 177 valence electrons. The monoisotopic (exact) mass is 512 g/mol. The average molecular weight is 513 g/mol. The predicted molar refractivity (Wildman–Crippen MR) is 128 cm³/mol. The first-order valence-corrected chi connectivity index (χ1v) is 12.0. The van der Waals surface area contributed by atoms with Crippen LogP contribution in [-0.2, 0) is 18.6 Å². The van der Waals surface area contributed by atoms with Gasteiger partial charge in [-0.1, -0.05) is 62.3 Å². The van der Waals surface area contributed by atoms with Crippen molar-refractivity contribution in [1.82, 2.24) is 0 Å². The number of halogens is 2. The molecule has 0 aromatic rings. The minimum atomic E-state index is -2.02. The van der Waals surface area contributed by atoms with E-state index in [1.165, 1.54) is 0 Å². The van der Waals surface area contributed by atoms with Gasteiger partial charge in [-0.15, -0.1) is 0 Å². The molecular formula is C24H44Cl2N2PV-3.